The zero-order chi connectivity index (χ0) is 53.6. The van der Waals surface area contributed by atoms with Crippen molar-refractivity contribution in [3.63, 3.8) is 0 Å². The molecule has 6 N–H and O–H groups in total. The van der Waals surface area contributed by atoms with Crippen LogP contribution in [0, 0.1) is 0 Å². The molecule has 36 heteroatoms. The van der Waals surface area contributed by atoms with Crippen molar-refractivity contribution >= 4 is 60.7 Å². The number of hydrogen-bond donors (Lipinski definition) is 6. The van der Waals surface area contributed by atoms with Gasteiger partial charge in [0.2, 0.25) is 0 Å². The third-order valence-corrected chi connectivity index (χ3v) is 16.4. The van der Waals surface area contributed by atoms with Gasteiger partial charge in [-0.25, -0.2) is 0 Å². The summed E-state index contributed by atoms with van der Waals surface area (Å²) < 4.78 is 211. The van der Waals surface area contributed by atoms with Crippen molar-refractivity contribution in [3.05, 3.63) is 140 Å². The predicted molar refractivity (Wildman–Crippen MR) is 231 cm³/mol. The molecule has 24 nitrogen and oxygen atoms in total. The minimum Gasteiger partial charge on any atom is -0.872 e. The van der Waals surface area contributed by atoms with Crippen molar-refractivity contribution in [1.82, 2.24) is 0 Å². The quantitative estimate of drug-likeness (QED) is 0.0665. The molecule has 0 aliphatic heterocycles. The summed E-state index contributed by atoms with van der Waals surface area (Å²) >= 11 is 0. The molecule has 1 aliphatic carbocycles. The zero-order valence-electron chi connectivity index (χ0n) is 41.7. The van der Waals surface area contributed by atoms with Gasteiger partial charge in [0.05, 0.1) is 29.4 Å². The molecule has 0 radical (unpaired) electrons. The molecule has 6 aromatic carbocycles. The van der Waals surface area contributed by atoms with Gasteiger partial charge in [-0.15, -0.1) is 34.5 Å². The van der Waals surface area contributed by atoms with E-state index in [-0.39, 0.29) is 177 Å². The van der Waals surface area contributed by atoms with Gasteiger partial charge in [0.25, 0.3) is 60.7 Å². The van der Waals surface area contributed by atoms with Crippen molar-refractivity contribution in [2.75, 3.05) is 0 Å². The van der Waals surface area contributed by atoms with Gasteiger partial charge in [-0.05, 0) is 178 Å². The Morgan fingerprint density at radius 2 is 0.295 bits per heavy atom. The topological polar surface area (TPSA) is 465 Å². The van der Waals surface area contributed by atoms with Crippen LogP contribution in [0.5, 0.6) is 34.5 Å². The van der Waals surface area contributed by atoms with E-state index in [1.807, 2.05) is 0 Å². The van der Waals surface area contributed by atoms with Crippen LogP contribution in [0.3, 0.4) is 0 Å². The molecule has 1 aliphatic rings. The van der Waals surface area contributed by atoms with E-state index in [9.17, 15) is 108 Å². The Morgan fingerprint density at radius 3 is 0.359 bits per heavy atom. The molecule has 78 heavy (non-hydrogen) atoms. The van der Waals surface area contributed by atoms with E-state index < -0.39 is 230 Å². The average Bonchev–Trinajstić information content (AvgIpc) is 3.23. The average molecular weight is 1250 g/mol. The van der Waals surface area contributed by atoms with E-state index in [0.29, 0.717) is 72.8 Å². The molecular formula is C42H30Na6O24S6. The van der Waals surface area contributed by atoms with Crippen LogP contribution in [0.25, 0.3) is 0 Å². The summed E-state index contributed by atoms with van der Waals surface area (Å²) in [6.07, 6.45) is -6.57. The van der Waals surface area contributed by atoms with Gasteiger partial charge < -0.3 is 30.6 Å². The summed E-state index contributed by atoms with van der Waals surface area (Å²) in [5.74, 6) is -7.55. The zero-order valence-corrected chi connectivity index (χ0v) is 58.6. The normalized spacial score (nSPS) is 13.0. The van der Waals surface area contributed by atoms with Gasteiger partial charge in [0, 0.05) is 0 Å². The molecule has 0 spiro atoms. The van der Waals surface area contributed by atoms with Gasteiger partial charge in [-0.2, -0.15) is 50.5 Å². The van der Waals surface area contributed by atoms with Crippen LogP contribution >= 0.6 is 0 Å². The van der Waals surface area contributed by atoms with Crippen LogP contribution in [0.4, 0.5) is 0 Å². The Kier molecular flexibility index (Phi) is 26.9. The first kappa shape index (κ1) is 75.6. The maximum atomic E-state index is 14.2. The Morgan fingerprint density at radius 1 is 0.218 bits per heavy atom. The van der Waals surface area contributed by atoms with Crippen molar-refractivity contribution in [1.29, 1.82) is 0 Å². The fourth-order valence-corrected chi connectivity index (χ4v) is 11.5. The molecule has 384 valence electrons. The summed E-state index contributed by atoms with van der Waals surface area (Å²) in [5.41, 5.74) is -9.23. The van der Waals surface area contributed by atoms with Gasteiger partial charge in [0.1, 0.15) is 0 Å². The van der Waals surface area contributed by atoms with Gasteiger partial charge in [0.15, 0.2) is 0 Å². The van der Waals surface area contributed by atoms with E-state index >= 15 is 0 Å². The molecule has 0 unspecified atom stereocenters. The molecule has 0 aromatic heterocycles. The first-order chi connectivity index (χ1) is 32.9. The summed E-state index contributed by atoms with van der Waals surface area (Å²) in [7, 11) is -32.1. The monoisotopic (exact) mass is 1250 g/mol. The standard InChI is InChI=1S/C42H36O24S6.6Na/c43-37-19-1-20-8-32(68(52,53)54)10-22(38(20)44)3-24-12-34(70(58,59)60)14-26(40(24)46)5-28-16-36(72(64,65)66)18-30(42(28)48)6-29-17-35(71(61,62)63)15-27(41(29)47)4-25-13-33(69(55,56)57)11-23(39(25)45)2-21(37)9-31(7-19)67(49,50)51;;;;;;/h7-18,43-48H,1-6H2,(H,49,50,51)(H,52,53,54)(H,55,56,57)(H,58,59,60)(H,61,62,63)(H,64,65,66);;;;;;/q;6*+1/p-6. The Balaban J connectivity index is 0.00000507. The molecule has 0 atom stereocenters. The SMILES string of the molecule is O=S(=O)(O)c1cc2c([O-])c(c1)Cc1cc(S(=O)(=O)O)cc(c1[O-])Cc1cc(S(=O)(=O)O)cc(c1[O-])Cc1cc(S(=O)(=O)O)cc(c1[O-])Cc1cc(S(=O)(=O)O)cc(c1[O-])Cc1cc(S(=O)(=O)O)cc(c1[O-])C2.[Na+].[Na+].[Na+].[Na+].[Na+].[Na+]. The molecule has 0 saturated heterocycles. The molecule has 6 aromatic rings. The van der Waals surface area contributed by atoms with Crippen molar-refractivity contribution in [3.8, 4) is 34.5 Å². The summed E-state index contributed by atoms with van der Waals surface area (Å²) in [4.78, 5) is -6.60. The minimum absolute atomic E-state index is 0. The molecular weight excluding hydrogens is 1220 g/mol. The third-order valence-electron chi connectivity index (χ3n) is 11.4. The Labute approximate surface area is 579 Å². The largest absolute Gasteiger partial charge is 1.00 e. The van der Waals surface area contributed by atoms with E-state index in [4.69, 9.17) is 0 Å². The van der Waals surface area contributed by atoms with E-state index in [1.165, 1.54) is 0 Å². The van der Waals surface area contributed by atoms with Crippen LogP contribution < -0.4 is 208 Å². The van der Waals surface area contributed by atoms with Crippen molar-refractivity contribution in [2.45, 2.75) is 67.9 Å². The maximum absolute atomic E-state index is 14.2. The van der Waals surface area contributed by atoms with E-state index in [0.717, 1.165) is 0 Å². The second kappa shape index (κ2) is 27.7. The number of benzene rings is 6. The fraction of sp³-hybridized carbons (Fsp3) is 0.143. The van der Waals surface area contributed by atoms with E-state index in [2.05, 4.69) is 0 Å². The number of hydrogen-bond acceptors (Lipinski definition) is 18. The van der Waals surface area contributed by atoms with Crippen molar-refractivity contribution < 1.29 is 286 Å². The molecule has 0 heterocycles. The number of rotatable bonds is 6. The molecule has 0 fully saturated rings. The van der Waals surface area contributed by atoms with Gasteiger partial charge in [-0.3, -0.25) is 27.3 Å². The summed E-state index contributed by atoms with van der Waals surface area (Å²) in [6.45, 7) is 0. The molecule has 12 bridgehead atoms. The molecule has 0 amide bonds. The van der Waals surface area contributed by atoms with Gasteiger partial charge in [-0.1, -0.05) is 0 Å². The smallest absolute Gasteiger partial charge is 0.872 e. The fourth-order valence-electron chi connectivity index (χ4n) is 8.03. The molecule has 7 rings (SSSR count). The minimum atomic E-state index is -5.35. The van der Waals surface area contributed by atoms with Crippen LogP contribution in [0.2, 0.25) is 0 Å². The third kappa shape index (κ3) is 17.4. The molecule has 0 saturated carbocycles. The summed E-state index contributed by atoms with van der Waals surface area (Å²) in [6, 6.07) is 6.20. The Hall–Kier alpha value is -0.420. The first-order valence-corrected chi connectivity index (χ1v) is 28.4. The maximum Gasteiger partial charge on any atom is 1.00 e. The van der Waals surface area contributed by atoms with Crippen LogP contribution in [0.1, 0.15) is 66.8 Å². The summed E-state index contributed by atoms with van der Waals surface area (Å²) in [5, 5.41) is 85.0. The number of fused-ring (bicyclic) bond motifs is 12. The predicted octanol–water partition coefficient (Wildman–Crippen LogP) is -18.5. The van der Waals surface area contributed by atoms with Crippen molar-refractivity contribution in [2.24, 2.45) is 0 Å². The second-order valence-corrected chi connectivity index (χ2v) is 24.9. The second-order valence-electron chi connectivity index (χ2n) is 16.3. The van der Waals surface area contributed by atoms with E-state index in [1.54, 1.807) is 0 Å². The van der Waals surface area contributed by atoms with Crippen LogP contribution in [-0.4, -0.2) is 77.8 Å². The van der Waals surface area contributed by atoms with Crippen LogP contribution in [-0.2, 0) is 99.2 Å². The van der Waals surface area contributed by atoms with Crippen LogP contribution in [0.15, 0.2) is 102 Å². The van der Waals surface area contributed by atoms with Gasteiger partial charge >= 0.3 is 177 Å². The Bertz CT molecular complexity index is 3250. The first-order valence-electron chi connectivity index (χ1n) is 19.7.